The maximum Gasteiger partial charge on any atom is 0.238 e. The fourth-order valence-electron chi connectivity index (χ4n) is 2.13. The molecule has 4 nitrogen and oxygen atoms in total. The second-order valence-corrected chi connectivity index (χ2v) is 4.64. The minimum absolute atomic E-state index is 0.0361. The van der Waals surface area contributed by atoms with Crippen LogP contribution in [-0.4, -0.2) is 55.0 Å². The van der Waals surface area contributed by atoms with Crippen molar-refractivity contribution in [3.8, 4) is 0 Å². The van der Waals surface area contributed by atoms with Crippen LogP contribution >= 0.6 is 0 Å². The summed E-state index contributed by atoms with van der Waals surface area (Å²) in [6, 6.07) is 0.121. The summed E-state index contributed by atoms with van der Waals surface area (Å²) in [6.07, 6.45) is 3.74. The fraction of sp³-hybridized carbons (Fsp3) is 0.909. The third-order valence-electron chi connectivity index (χ3n) is 3.17. The molecule has 2 atom stereocenters. The lowest BCUT2D eigenvalue weighted by Gasteiger charge is -2.35. The number of nitrogens with two attached hydrogens (primary N) is 1. The number of likely N-dealkylation sites (tertiary alicyclic amines) is 1. The van der Waals surface area contributed by atoms with Gasteiger partial charge in [0, 0.05) is 19.6 Å². The normalized spacial score (nSPS) is 24.9. The van der Waals surface area contributed by atoms with Crippen molar-refractivity contribution < 1.29 is 4.79 Å². The van der Waals surface area contributed by atoms with Gasteiger partial charge < -0.3 is 15.5 Å². The van der Waals surface area contributed by atoms with Crippen LogP contribution in [0.4, 0.5) is 0 Å². The highest BCUT2D eigenvalue weighted by atomic mass is 16.2. The molecule has 88 valence electrons. The van der Waals surface area contributed by atoms with Crippen molar-refractivity contribution in [2.24, 2.45) is 5.73 Å². The monoisotopic (exact) mass is 213 g/mol. The van der Waals surface area contributed by atoms with E-state index in [0.29, 0.717) is 6.04 Å². The molecule has 1 heterocycles. The van der Waals surface area contributed by atoms with Gasteiger partial charge in [-0.15, -0.1) is 0 Å². The first-order valence-corrected chi connectivity index (χ1v) is 5.73. The maximum absolute atomic E-state index is 11.6. The molecule has 0 aromatic heterocycles. The van der Waals surface area contributed by atoms with E-state index < -0.39 is 0 Å². The van der Waals surface area contributed by atoms with Gasteiger partial charge in [-0.25, -0.2) is 0 Å². The number of rotatable bonds is 3. The number of piperidine rings is 1. The molecule has 15 heavy (non-hydrogen) atoms. The fourth-order valence-corrected chi connectivity index (χ4v) is 2.13. The molecule has 2 N–H and O–H groups in total. The molecule has 4 heteroatoms. The van der Waals surface area contributed by atoms with Crippen molar-refractivity contribution in [1.82, 2.24) is 9.80 Å². The molecule has 0 spiro atoms. The predicted molar refractivity (Wildman–Crippen MR) is 61.6 cm³/mol. The molecule has 1 aliphatic rings. The highest BCUT2D eigenvalue weighted by Gasteiger charge is 2.23. The SMILES string of the molecule is CC(N)C(=O)N(C)CC1CCCCN1C. The second kappa shape index (κ2) is 5.47. The molecule has 1 amide bonds. The molecule has 0 saturated carbocycles. The van der Waals surface area contributed by atoms with Gasteiger partial charge in [0.2, 0.25) is 5.91 Å². The molecule has 0 bridgehead atoms. The van der Waals surface area contributed by atoms with Crippen LogP contribution in [-0.2, 0) is 4.79 Å². The Kier molecular flexibility index (Phi) is 4.54. The lowest BCUT2D eigenvalue weighted by atomic mass is 10.0. The Morgan fingerprint density at radius 1 is 1.60 bits per heavy atom. The number of hydrogen-bond acceptors (Lipinski definition) is 3. The quantitative estimate of drug-likeness (QED) is 0.732. The lowest BCUT2D eigenvalue weighted by molar-refractivity contribution is -0.131. The van der Waals surface area contributed by atoms with Gasteiger partial charge in [0.05, 0.1) is 6.04 Å². The van der Waals surface area contributed by atoms with Gasteiger partial charge in [-0.05, 0) is 33.4 Å². The number of carbonyl (C=O) groups is 1. The van der Waals surface area contributed by atoms with Crippen molar-refractivity contribution in [2.45, 2.75) is 38.3 Å². The van der Waals surface area contributed by atoms with Gasteiger partial charge in [-0.1, -0.05) is 6.42 Å². The van der Waals surface area contributed by atoms with Crippen LogP contribution in [0.15, 0.2) is 0 Å². The van der Waals surface area contributed by atoms with Crippen LogP contribution in [0.2, 0.25) is 0 Å². The third-order valence-corrected chi connectivity index (χ3v) is 3.17. The summed E-state index contributed by atoms with van der Waals surface area (Å²) >= 11 is 0. The van der Waals surface area contributed by atoms with Crippen molar-refractivity contribution >= 4 is 5.91 Å². The van der Waals surface area contributed by atoms with Crippen LogP contribution in [0.3, 0.4) is 0 Å². The predicted octanol–water partition coefficient (Wildman–Crippen LogP) is 0.276. The van der Waals surface area contributed by atoms with E-state index in [0.717, 1.165) is 13.1 Å². The first-order chi connectivity index (χ1) is 7.02. The molecule has 1 aliphatic heterocycles. The lowest BCUT2D eigenvalue weighted by Crippen LogP contribution is -2.48. The van der Waals surface area contributed by atoms with Gasteiger partial charge in [0.25, 0.3) is 0 Å². The first kappa shape index (κ1) is 12.5. The molecular formula is C11H23N3O. The summed E-state index contributed by atoms with van der Waals surface area (Å²) in [4.78, 5) is 15.7. The first-order valence-electron chi connectivity index (χ1n) is 5.73. The van der Waals surface area contributed by atoms with Crippen LogP contribution in [0.1, 0.15) is 26.2 Å². The average molecular weight is 213 g/mol. The summed E-state index contributed by atoms with van der Waals surface area (Å²) in [7, 11) is 3.97. The zero-order valence-corrected chi connectivity index (χ0v) is 10.1. The van der Waals surface area contributed by atoms with E-state index >= 15 is 0 Å². The number of nitrogens with zero attached hydrogens (tertiary/aromatic N) is 2. The molecular weight excluding hydrogens is 190 g/mol. The van der Waals surface area contributed by atoms with E-state index in [-0.39, 0.29) is 11.9 Å². The van der Waals surface area contributed by atoms with Gasteiger partial charge >= 0.3 is 0 Å². The van der Waals surface area contributed by atoms with Crippen LogP contribution in [0.5, 0.6) is 0 Å². The molecule has 0 aliphatic carbocycles. The van der Waals surface area contributed by atoms with Crippen molar-refractivity contribution in [1.29, 1.82) is 0 Å². The topological polar surface area (TPSA) is 49.6 Å². The van der Waals surface area contributed by atoms with E-state index in [1.807, 2.05) is 7.05 Å². The van der Waals surface area contributed by atoms with Crippen LogP contribution in [0, 0.1) is 0 Å². The molecule has 0 aromatic carbocycles. The van der Waals surface area contributed by atoms with Crippen molar-refractivity contribution in [3.05, 3.63) is 0 Å². The second-order valence-electron chi connectivity index (χ2n) is 4.64. The maximum atomic E-state index is 11.6. The summed E-state index contributed by atoms with van der Waals surface area (Å²) in [5, 5.41) is 0. The van der Waals surface area contributed by atoms with E-state index in [1.165, 1.54) is 19.3 Å². The van der Waals surface area contributed by atoms with Gasteiger partial charge in [0.1, 0.15) is 0 Å². The Hall–Kier alpha value is -0.610. The Morgan fingerprint density at radius 2 is 2.27 bits per heavy atom. The third kappa shape index (κ3) is 3.47. The zero-order valence-electron chi connectivity index (χ0n) is 10.1. The summed E-state index contributed by atoms with van der Waals surface area (Å²) < 4.78 is 0. The minimum atomic E-state index is -0.385. The Morgan fingerprint density at radius 3 is 2.80 bits per heavy atom. The van der Waals surface area contributed by atoms with Crippen molar-refractivity contribution in [3.63, 3.8) is 0 Å². The summed E-state index contributed by atoms with van der Waals surface area (Å²) in [6.45, 7) is 3.69. The van der Waals surface area contributed by atoms with Gasteiger partial charge in [0.15, 0.2) is 0 Å². The van der Waals surface area contributed by atoms with E-state index in [4.69, 9.17) is 5.73 Å². The standard InChI is InChI=1S/C11H23N3O/c1-9(12)11(15)14(3)8-10-6-4-5-7-13(10)2/h9-10H,4-8,12H2,1-3H3. The number of hydrogen-bond donors (Lipinski definition) is 1. The molecule has 1 rings (SSSR count). The van der Waals surface area contributed by atoms with E-state index in [1.54, 1.807) is 11.8 Å². The van der Waals surface area contributed by atoms with Crippen molar-refractivity contribution in [2.75, 3.05) is 27.2 Å². The van der Waals surface area contributed by atoms with Crippen LogP contribution in [0.25, 0.3) is 0 Å². The average Bonchev–Trinajstić information content (AvgIpc) is 2.20. The largest absolute Gasteiger partial charge is 0.343 e. The highest BCUT2D eigenvalue weighted by molar-refractivity contribution is 5.80. The van der Waals surface area contributed by atoms with Gasteiger partial charge in [-0.3, -0.25) is 4.79 Å². The van der Waals surface area contributed by atoms with Gasteiger partial charge in [-0.2, -0.15) is 0 Å². The number of likely N-dealkylation sites (N-methyl/N-ethyl adjacent to an activating group) is 2. The molecule has 0 radical (unpaired) electrons. The minimum Gasteiger partial charge on any atom is -0.343 e. The Balaban J connectivity index is 2.42. The molecule has 0 aromatic rings. The zero-order chi connectivity index (χ0) is 11.4. The molecule has 2 unspecified atom stereocenters. The van der Waals surface area contributed by atoms with E-state index in [9.17, 15) is 4.79 Å². The highest BCUT2D eigenvalue weighted by Crippen LogP contribution is 2.15. The van der Waals surface area contributed by atoms with E-state index in [2.05, 4.69) is 11.9 Å². The smallest absolute Gasteiger partial charge is 0.238 e. The number of carbonyl (C=O) groups excluding carboxylic acids is 1. The summed E-state index contributed by atoms with van der Waals surface area (Å²) in [5.41, 5.74) is 5.57. The molecule has 1 fully saturated rings. The number of amides is 1. The molecule has 1 saturated heterocycles. The summed E-state index contributed by atoms with van der Waals surface area (Å²) in [5.74, 6) is 0.0361. The Labute approximate surface area is 92.4 Å². The van der Waals surface area contributed by atoms with Crippen LogP contribution < -0.4 is 5.73 Å². The Bertz CT molecular complexity index is 218.